The molecule has 0 atom stereocenters. The number of carbonyl (C=O) groups is 1. The number of hydrogen-bond acceptors (Lipinski definition) is 2. The van der Waals surface area contributed by atoms with Crippen LogP contribution in [0.2, 0.25) is 5.02 Å². The van der Waals surface area contributed by atoms with Gasteiger partial charge >= 0.3 is 0 Å². The molecule has 2 rings (SSSR count). The summed E-state index contributed by atoms with van der Waals surface area (Å²) >= 11 is 9.07. The average Bonchev–Trinajstić information content (AvgIpc) is 2.76. The molecule has 1 amide bonds. The van der Waals surface area contributed by atoms with Crippen molar-refractivity contribution in [2.24, 2.45) is 0 Å². The van der Waals surface area contributed by atoms with Crippen LogP contribution in [-0.2, 0) is 6.54 Å². The summed E-state index contributed by atoms with van der Waals surface area (Å²) in [7, 11) is 0. The van der Waals surface area contributed by atoms with Crippen molar-refractivity contribution in [1.29, 1.82) is 0 Å². The van der Waals surface area contributed by atoms with Crippen LogP contribution in [0.4, 0.5) is 0 Å². The number of hydrogen-bond donors (Lipinski definition) is 1. The maximum Gasteiger partial charge on any atom is 0.251 e. The zero-order valence-corrected chi connectivity index (χ0v) is 11.8. The molecule has 0 bridgehead atoms. The predicted octanol–water partition coefficient (Wildman–Crippen LogP) is 2.73. The van der Waals surface area contributed by atoms with Crippen LogP contribution in [0.15, 0.2) is 41.1 Å². The standard InChI is InChI=1S/C12H11BrClN3O/c13-10-7-16-17(8-10)6-5-15-12(18)9-1-3-11(14)4-2-9/h1-4,7-8H,5-6H2,(H,15,18). The van der Waals surface area contributed by atoms with E-state index in [1.807, 2.05) is 6.20 Å². The van der Waals surface area contributed by atoms with Crippen molar-refractivity contribution in [2.45, 2.75) is 6.54 Å². The lowest BCUT2D eigenvalue weighted by atomic mass is 10.2. The molecule has 0 fully saturated rings. The van der Waals surface area contributed by atoms with Gasteiger partial charge in [0.05, 0.1) is 17.2 Å². The molecular weight excluding hydrogens is 318 g/mol. The smallest absolute Gasteiger partial charge is 0.251 e. The van der Waals surface area contributed by atoms with Gasteiger partial charge in [0.25, 0.3) is 5.91 Å². The Kier molecular flexibility index (Phi) is 4.38. The van der Waals surface area contributed by atoms with E-state index in [2.05, 4.69) is 26.3 Å². The molecule has 94 valence electrons. The van der Waals surface area contributed by atoms with Crippen molar-refractivity contribution in [3.63, 3.8) is 0 Å². The summed E-state index contributed by atoms with van der Waals surface area (Å²) in [6.45, 7) is 1.15. The van der Waals surface area contributed by atoms with E-state index in [1.165, 1.54) is 0 Å². The van der Waals surface area contributed by atoms with Crippen LogP contribution < -0.4 is 5.32 Å². The Balaban J connectivity index is 1.83. The first-order valence-corrected chi connectivity index (χ1v) is 6.54. The monoisotopic (exact) mass is 327 g/mol. The molecule has 18 heavy (non-hydrogen) atoms. The molecule has 1 N–H and O–H groups in total. The molecule has 0 aliphatic rings. The molecule has 0 aliphatic carbocycles. The van der Waals surface area contributed by atoms with Crippen molar-refractivity contribution in [2.75, 3.05) is 6.54 Å². The molecule has 2 aromatic rings. The third-order valence-corrected chi connectivity index (χ3v) is 3.00. The van der Waals surface area contributed by atoms with Crippen molar-refractivity contribution < 1.29 is 4.79 Å². The normalized spacial score (nSPS) is 10.3. The van der Waals surface area contributed by atoms with Gasteiger partial charge in [-0.1, -0.05) is 11.6 Å². The lowest BCUT2D eigenvalue weighted by molar-refractivity contribution is 0.0952. The third kappa shape index (κ3) is 3.58. The number of carbonyl (C=O) groups excluding carboxylic acids is 1. The third-order valence-electron chi connectivity index (χ3n) is 2.33. The summed E-state index contributed by atoms with van der Waals surface area (Å²) in [6, 6.07) is 6.78. The Bertz CT molecular complexity index is 539. The van der Waals surface area contributed by atoms with Gasteiger partial charge in [-0.25, -0.2) is 0 Å². The zero-order valence-electron chi connectivity index (χ0n) is 9.44. The molecule has 1 aromatic carbocycles. The minimum atomic E-state index is -0.113. The number of halogens is 2. The SMILES string of the molecule is O=C(NCCn1cc(Br)cn1)c1ccc(Cl)cc1. The van der Waals surface area contributed by atoms with Gasteiger partial charge in [0.15, 0.2) is 0 Å². The van der Waals surface area contributed by atoms with Crippen LogP contribution in [0, 0.1) is 0 Å². The number of amides is 1. The van der Waals surface area contributed by atoms with Gasteiger partial charge in [-0.05, 0) is 40.2 Å². The summed E-state index contributed by atoms with van der Waals surface area (Å²) < 4.78 is 2.68. The Morgan fingerprint density at radius 3 is 2.72 bits per heavy atom. The maximum atomic E-state index is 11.8. The first-order valence-electron chi connectivity index (χ1n) is 5.37. The molecule has 0 saturated heterocycles. The van der Waals surface area contributed by atoms with Gasteiger partial charge < -0.3 is 5.32 Å². The van der Waals surface area contributed by atoms with Crippen molar-refractivity contribution in [3.05, 3.63) is 51.7 Å². The predicted molar refractivity (Wildman–Crippen MR) is 73.7 cm³/mol. The highest BCUT2D eigenvalue weighted by Gasteiger charge is 2.04. The van der Waals surface area contributed by atoms with Gasteiger partial charge in [0.1, 0.15) is 0 Å². The maximum absolute atomic E-state index is 11.8. The summed E-state index contributed by atoms with van der Waals surface area (Å²) in [5.74, 6) is -0.113. The van der Waals surface area contributed by atoms with E-state index in [1.54, 1.807) is 35.1 Å². The van der Waals surface area contributed by atoms with Crippen LogP contribution in [0.5, 0.6) is 0 Å². The summed E-state index contributed by atoms with van der Waals surface area (Å²) in [5.41, 5.74) is 0.598. The molecule has 4 nitrogen and oxygen atoms in total. The topological polar surface area (TPSA) is 46.9 Å². The molecule has 0 saturated carbocycles. The summed E-state index contributed by atoms with van der Waals surface area (Å²) in [6.07, 6.45) is 3.56. The van der Waals surface area contributed by atoms with E-state index in [0.717, 1.165) is 4.47 Å². The van der Waals surface area contributed by atoms with Crippen LogP contribution in [-0.4, -0.2) is 22.2 Å². The van der Waals surface area contributed by atoms with Crippen LogP contribution in [0.3, 0.4) is 0 Å². The summed E-state index contributed by atoms with van der Waals surface area (Å²) in [4.78, 5) is 11.8. The molecule has 0 aliphatic heterocycles. The molecule has 6 heteroatoms. The number of nitrogens with zero attached hydrogens (tertiary/aromatic N) is 2. The first-order chi connectivity index (χ1) is 8.65. The lowest BCUT2D eigenvalue weighted by Gasteiger charge is -2.05. The highest BCUT2D eigenvalue weighted by molar-refractivity contribution is 9.10. The number of aromatic nitrogens is 2. The number of nitrogens with one attached hydrogen (secondary N) is 1. The fourth-order valence-electron chi connectivity index (χ4n) is 1.45. The highest BCUT2D eigenvalue weighted by Crippen LogP contribution is 2.09. The van der Waals surface area contributed by atoms with Crippen LogP contribution in [0.25, 0.3) is 0 Å². The van der Waals surface area contributed by atoms with Crippen molar-refractivity contribution in [1.82, 2.24) is 15.1 Å². The minimum Gasteiger partial charge on any atom is -0.350 e. The first kappa shape index (κ1) is 13.1. The van der Waals surface area contributed by atoms with Gasteiger partial charge in [0, 0.05) is 23.3 Å². The Morgan fingerprint density at radius 2 is 2.11 bits per heavy atom. The molecular formula is C12H11BrClN3O. The molecule has 1 aromatic heterocycles. The van der Waals surface area contributed by atoms with Crippen molar-refractivity contribution >= 4 is 33.4 Å². The van der Waals surface area contributed by atoms with E-state index in [-0.39, 0.29) is 5.91 Å². The van der Waals surface area contributed by atoms with Crippen molar-refractivity contribution in [3.8, 4) is 0 Å². The van der Waals surface area contributed by atoms with E-state index < -0.39 is 0 Å². The van der Waals surface area contributed by atoms with E-state index in [9.17, 15) is 4.79 Å². The second kappa shape index (κ2) is 6.02. The van der Waals surface area contributed by atoms with Gasteiger partial charge in [-0.2, -0.15) is 5.10 Å². The lowest BCUT2D eigenvalue weighted by Crippen LogP contribution is -2.27. The molecule has 0 radical (unpaired) electrons. The molecule has 1 heterocycles. The zero-order chi connectivity index (χ0) is 13.0. The van der Waals surface area contributed by atoms with E-state index in [4.69, 9.17) is 11.6 Å². The summed E-state index contributed by atoms with van der Waals surface area (Å²) in [5, 5.41) is 7.53. The minimum absolute atomic E-state index is 0.113. The van der Waals surface area contributed by atoms with Crippen LogP contribution in [0.1, 0.15) is 10.4 Å². The Labute approximate surface area is 118 Å². The second-order valence-corrected chi connectivity index (χ2v) is 5.04. The van der Waals surface area contributed by atoms with Gasteiger partial charge in [0.2, 0.25) is 0 Å². The molecule has 0 spiro atoms. The number of rotatable bonds is 4. The Morgan fingerprint density at radius 1 is 1.39 bits per heavy atom. The fourth-order valence-corrected chi connectivity index (χ4v) is 1.90. The molecule has 0 unspecified atom stereocenters. The van der Waals surface area contributed by atoms with Gasteiger partial charge in [-0.3, -0.25) is 9.48 Å². The van der Waals surface area contributed by atoms with Gasteiger partial charge in [-0.15, -0.1) is 0 Å². The highest BCUT2D eigenvalue weighted by atomic mass is 79.9. The largest absolute Gasteiger partial charge is 0.350 e. The quantitative estimate of drug-likeness (QED) is 0.938. The Hall–Kier alpha value is -1.33. The number of benzene rings is 1. The average molecular weight is 329 g/mol. The van der Waals surface area contributed by atoms with E-state index >= 15 is 0 Å². The second-order valence-electron chi connectivity index (χ2n) is 3.68. The fraction of sp³-hybridized carbons (Fsp3) is 0.167. The van der Waals surface area contributed by atoms with Crippen LogP contribution >= 0.6 is 27.5 Å². The van der Waals surface area contributed by atoms with E-state index in [0.29, 0.717) is 23.7 Å².